The molecule has 7 heteroatoms. The van der Waals surface area contributed by atoms with Crippen molar-refractivity contribution in [1.82, 2.24) is 14.9 Å². The number of rotatable bonds is 5. The molecule has 2 aromatic rings. The minimum absolute atomic E-state index is 0.299. The zero-order valence-electron chi connectivity index (χ0n) is 13.4. The Morgan fingerprint density at radius 3 is 2.79 bits per heavy atom. The Labute approximate surface area is 138 Å². The van der Waals surface area contributed by atoms with E-state index in [1.165, 1.54) is 24.5 Å². The first-order valence-corrected chi connectivity index (χ1v) is 7.33. The minimum Gasteiger partial charge on any atom is -0.359 e. The van der Waals surface area contributed by atoms with E-state index in [2.05, 4.69) is 15.3 Å². The Kier molecular flexibility index (Phi) is 5.95. The molecule has 2 aromatic heterocycles. The van der Waals surface area contributed by atoms with E-state index in [9.17, 15) is 13.6 Å². The average molecular weight is 332 g/mol. The normalized spacial score (nSPS) is 13.2. The molecule has 0 radical (unpaired) electrons. The van der Waals surface area contributed by atoms with Crippen molar-refractivity contribution in [1.29, 1.82) is 0 Å². The molecule has 0 saturated heterocycles. The molecule has 5 nitrogen and oxygen atoms in total. The summed E-state index contributed by atoms with van der Waals surface area (Å²) in [6.45, 7) is 0.946. The van der Waals surface area contributed by atoms with Crippen LogP contribution in [0.1, 0.15) is 24.1 Å². The maximum atomic E-state index is 13.0. The molecule has 24 heavy (non-hydrogen) atoms. The highest BCUT2D eigenvalue weighted by molar-refractivity contribution is 5.98. The highest BCUT2D eigenvalue weighted by atomic mass is 19.1. The lowest BCUT2D eigenvalue weighted by atomic mass is 10.1. The van der Waals surface area contributed by atoms with Crippen LogP contribution in [0.15, 0.2) is 58.6 Å². The Bertz CT molecular complexity index is 797. The van der Waals surface area contributed by atoms with Crippen LogP contribution in [0, 0.1) is 5.95 Å². The zero-order chi connectivity index (χ0) is 17.5. The van der Waals surface area contributed by atoms with E-state index in [0.29, 0.717) is 11.4 Å². The summed E-state index contributed by atoms with van der Waals surface area (Å²) in [6, 6.07) is 5.45. The molecule has 0 saturated carbocycles. The topological polar surface area (TPSA) is 59.3 Å². The van der Waals surface area contributed by atoms with Crippen molar-refractivity contribution in [2.75, 3.05) is 7.05 Å². The number of aliphatic imine (C=N–C) groups is 1. The van der Waals surface area contributed by atoms with Gasteiger partial charge in [0.25, 0.3) is 5.56 Å². The summed E-state index contributed by atoms with van der Waals surface area (Å²) in [6.07, 6.45) is 6.54. The number of alkyl halides is 1. The first kappa shape index (κ1) is 17.5. The Hall–Kier alpha value is -2.83. The van der Waals surface area contributed by atoms with E-state index >= 15 is 0 Å². The Morgan fingerprint density at radius 1 is 1.42 bits per heavy atom. The average Bonchev–Trinajstić information content (AvgIpc) is 2.60. The largest absolute Gasteiger partial charge is 0.359 e. The highest BCUT2D eigenvalue weighted by Gasteiger charge is 2.13. The van der Waals surface area contributed by atoms with Gasteiger partial charge in [0.05, 0.1) is 6.04 Å². The van der Waals surface area contributed by atoms with Gasteiger partial charge in [-0.2, -0.15) is 4.39 Å². The van der Waals surface area contributed by atoms with Crippen molar-refractivity contribution < 1.29 is 8.78 Å². The fraction of sp³-hybridized carbons (Fsp3) is 0.235. The second-order valence-corrected chi connectivity index (χ2v) is 4.98. The standard InChI is InChI=1S/C17H18F2N4O/c1-3-4-14(12-5-7-15(19)21-9-12)22-17(20-2)13-6-8-16(24)23(10-13)11-18/h3-10,14H,11H2,1-2H3,(H,20,22). The summed E-state index contributed by atoms with van der Waals surface area (Å²) in [5.41, 5.74) is 0.887. The lowest BCUT2D eigenvalue weighted by Gasteiger charge is -2.18. The maximum absolute atomic E-state index is 13.0. The quantitative estimate of drug-likeness (QED) is 0.396. The van der Waals surface area contributed by atoms with E-state index < -0.39 is 18.3 Å². The number of allylic oxidation sites excluding steroid dienone is 1. The summed E-state index contributed by atoms with van der Waals surface area (Å²) in [4.78, 5) is 19.3. The van der Waals surface area contributed by atoms with Crippen molar-refractivity contribution in [3.8, 4) is 0 Å². The minimum atomic E-state index is -0.913. The number of amidine groups is 1. The predicted octanol–water partition coefficient (Wildman–Crippen LogP) is 2.59. The lowest BCUT2D eigenvalue weighted by molar-refractivity contribution is 0.369. The van der Waals surface area contributed by atoms with Crippen LogP contribution in [-0.4, -0.2) is 22.4 Å². The van der Waals surface area contributed by atoms with Gasteiger partial charge in [-0.1, -0.05) is 18.2 Å². The van der Waals surface area contributed by atoms with Gasteiger partial charge in [-0.15, -0.1) is 0 Å². The molecular formula is C17H18F2N4O. The monoisotopic (exact) mass is 332 g/mol. The number of halogens is 2. The van der Waals surface area contributed by atoms with Crippen LogP contribution in [0.5, 0.6) is 0 Å². The second kappa shape index (κ2) is 8.14. The number of hydrogen-bond acceptors (Lipinski definition) is 3. The van der Waals surface area contributed by atoms with Gasteiger partial charge in [0.15, 0.2) is 6.80 Å². The SMILES string of the molecule is CC=CC(NC(=NC)c1ccc(=O)n(CF)c1)c1ccc(F)nc1. The first-order chi connectivity index (χ1) is 11.6. The van der Waals surface area contributed by atoms with Crippen molar-refractivity contribution >= 4 is 5.84 Å². The van der Waals surface area contributed by atoms with Crippen LogP contribution in [0.3, 0.4) is 0 Å². The summed E-state index contributed by atoms with van der Waals surface area (Å²) >= 11 is 0. The van der Waals surface area contributed by atoms with Crippen molar-refractivity contribution in [3.63, 3.8) is 0 Å². The number of aromatic nitrogens is 2. The van der Waals surface area contributed by atoms with Gasteiger partial charge in [-0.25, -0.2) is 9.37 Å². The van der Waals surface area contributed by atoms with Crippen LogP contribution in [0.25, 0.3) is 0 Å². The Morgan fingerprint density at radius 2 is 2.21 bits per heavy atom. The fourth-order valence-electron chi connectivity index (χ4n) is 2.20. The van der Waals surface area contributed by atoms with Crippen LogP contribution in [0.2, 0.25) is 0 Å². The molecule has 126 valence electrons. The number of nitrogens with zero attached hydrogens (tertiary/aromatic N) is 3. The van der Waals surface area contributed by atoms with E-state index in [0.717, 1.165) is 10.1 Å². The van der Waals surface area contributed by atoms with Crippen molar-refractivity contribution in [2.24, 2.45) is 4.99 Å². The third-order valence-corrected chi connectivity index (χ3v) is 3.40. The predicted molar refractivity (Wildman–Crippen MR) is 89.2 cm³/mol. The van der Waals surface area contributed by atoms with Crippen LogP contribution < -0.4 is 10.9 Å². The maximum Gasteiger partial charge on any atom is 0.252 e. The molecule has 0 fully saturated rings. The number of nitrogens with one attached hydrogen (secondary N) is 1. The smallest absolute Gasteiger partial charge is 0.252 e. The second-order valence-electron chi connectivity index (χ2n) is 4.98. The van der Waals surface area contributed by atoms with Gasteiger partial charge in [0, 0.05) is 31.1 Å². The van der Waals surface area contributed by atoms with Gasteiger partial charge >= 0.3 is 0 Å². The molecule has 2 rings (SSSR count). The molecule has 0 amide bonds. The molecule has 0 spiro atoms. The lowest BCUT2D eigenvalue weighted by Crippen LogP contribution is -2.30. The molecule has 0 bridgehead atoms. The summed E-state index contributed by atoms with van der Waals surface area (Å²) in [7, 11) is 1.59. The molecular weight excluding hydrogens is 314 g/mol. The summed E-state index contributed by atoms with van der Waals surface area (Å²) in [5, 5.41) is 3.19. The molecule has 1 unspecified atom stereocenters. The van der Waals surface area contributed by atoms with Crippen molar-refractivity contribution in [2.45, 2.75) is 19.8 Å². The zero-order valence-corrected chi connectivity index (χ0v) is 13.4. The summed E-state index contributed by atoms with van der Waals surface area (Å²) < 4.78 is 26.8. The van der Waals surface area contributed by atoms with Gasteiger partial charge in [-0.3, -0.25) is 14.4 Å². The Balaban J connectivity index is 2.32. The fourth-order valence-corrected chi connectivity index (χ4v) is 2.20. The molecule has 2 heterocycles. The molecule has 0 aliphatic rings. The van der Waals surface area contributed by atoms with Gasteiger partial charge in [-0.05, 0) is 24.6 Å². The number of pyridine rings is 2. The van der Waals surface area contributed by atoms with E-state index in [-0.39, 0.29) is 6.04 Å². The molecule has 0 aliphatic heterocycles. The van der Waals surface area contributed by atoms with Crippen LogP contribution in [0.4, 0.5) is 8.78 Å². The molecule has 0 aliphatic carbocycles. The van der Waals surface area contributed by atoms with Gasteiger partial charge < -0.3 is 5.32 Å². The highest BCUT2D eigenvalue weighted by Crippen LogP contribution is 2.15. The van der Waals surface area contributed by atoms with Crippen LogP contribution >= 0.6 is 0 Å². The third-order valence-electron chi connectivity index (χ3n) is 3.40. The van der Waals surface area contributed by atoms with E-state index in [1.807, 2.05) is 19.1 Å². The molecule has 1 atom stereocenters. The first-order valence-electron chi connectivity index (χ1n) is 7.33. The van der Waals surface area contributed by atoms with E-state index in [4.69, 9.17) is 0 Å². The third kappa shape index (κ3) is 4.13. The molecule has 0 aromatic carbocycles. The van der Waals surface area contributed by atoms with Gasteiger partial charge in [0.1, 0.15) is 5.84 Å². The summed E-state index contributed by atoms with van der Waals surface area (Å²) in [5.74, 6) is -0.0815. The number of hydrogen-bond donors (Lipinski definition) is 1. The van der Waals surface area contributed by atoms with Crippen molar-refractivity contribution in [3.05, 3.63) is 76.2 Å². The molecule has 1 N–H and O–H groups in total. The van der Waals surface area contributed by atoms with Crippen LogP contribution in [-0.2, 0) is 6.80 Å². The van der Waals surface area contributed by atoms with Gasteiger partial charge in [0.2, 0.25) is 5.95 Å². The van der Waals surface area contributed by atoms with E-state index in [1.54, 1.807) is 19.2 Å².